The van der Waals surface area contributed by atoms with E-state index in [0.717, 1.165) is 18.5 Å². The number of hydrogen-bond acceptors (Lipinski definition) is 6. The zero-order chi connectivity index (χ0) is 16.9. The van der Waals surface area contributed by atoms with Gasteiger partial charge in [-0.15, -0.1) is 0 Å². The van der Waals surface area contributed by atoms with E-state index < -0.39 is 5.54 Å². The molecular formula is C17H18N4O3. The molecule has 0 saturated heterocycles. The van der Waals surface area contributed by atoms with Crippen molar-refractivity contribution in [3.8, 4) is 0 Å². The predicted octanol–water partition coefficient (Wildman–Crippen LogP) is 2.88. The number of aromatic nitrogens is 3. The molecule has 3 aromatic heterocycles. The van der Waals surface area contributed by atoms with E-state index in [1.54, 1.807) is 13.0 Å². The molecule has 124 valence electrons. The van der Waals surface area contributed by atoms with Crippen molar-refractivity contribution < 1.29 is 13.7 Å². The largest absolute Gasteiger partial charge is 0.449 e. The van der Waals surface area contributed by atoms with E-state index >= 15 is 0 Å². The third kappa shape index (κ3) is 2.46. The fourth-order valence-corrected chi connectivity index (χ4v) is 2.95. The first-order valence-electron chi connectivity index (χ1n) is 7.96. The Bertz CT molecular complexity index is 925. The maximum absolute atomic E-state index is 12.7. The number of nitrogens with one attached hydrogen (secondary N) is 1. The molecule has 1 N–H and O–H groups in total. The van der Waals surface area contributed by atoms with E-state index in [1.165, 1.54) is 0 Å². The molecule has 7 heteroatoms. The van der Waals surface area contributed by atoms with Crippen LogP contribution in [-0.4, -0.2) is 21.0 Å². The Hall–Kier alpha value is -2.70. The topological polar surface area (TPSA) is 94.1 Å². The van der Waals surface area contributed by atoms with Crippen LogP contribution in [-0.2, 0) is 5.54 Å². The Balaban J connectivity index is 1.65. The fourth-order valence-electron chi connectivity index (χ4n) is 2.95. The van der Waals surface area contributed by atoms with E-state index in [0.29, 0.717) is 28.7 Å². The van der Waals surface area contributed by atoms with Gasteiger partial charge in [0, 0.05) is 18.7 Å². The molecule has 0 aromatic carbocycles. The van der Waals surface area contributed by atoms with E-state index in [1.807, 2.05) is 26.0 Å². The van der Waals surface area contributed by atoms with Gasteiger partial charge in [-0.25, -0.2) is 4.98 Å². The summed E-state index contributed by atoms with van der Waals surface area (Å²) in [4.78, 5) is 21.4. The maximum atomic E-state index is 12.7. The average molecular weight is 326 g/mol. The summed E-state index contributed by atoms with van der Waals surface area (Å²) in [6.45, 7) is 5.56. The van der Waals surface area contributed by atoms with Crippen molar-refractivity contribution in [2.45, 2.75) is 39.2 Å². The summed E-state index contributed by atoms with van der Waals surface area (Å²) in [5, 5.41) is 7.04. The van der Waals surface area contributed by atoms with Crippen LogP contribution in [0.3, 0.4) is 0 Å². The SMILES string of the molecule is Cc1ccc2oc(C(=O)NC(C)(c3noc(C)n3)C3CC3)cc2n1. The number of rotatable bonds is 4. The highest BCUT2D eigenvalue weighted by Gasteiger charge is 2.47. The molecule has 24 heavy (non-hydrogen) atoms. The van der Waals surface area contributed by atoms with Crippen LogP contribution in [0.25, 0.3) is 11.1 Å². The highest BCUT2D eigenvalue weighted by Crippen LogP contribution is 2.44. The molecule has 1 saturated carbocycles. The van der Waals surface area contributed by atoms with Crippen LogP contribution >= 0.6 is 0 Å². The van der Waals surface area contributed by atoms with Crippen LogP contribution in [0.4, 0.5) is 0 Å². The molecule has 1 aliphatic rings. The summed E-state index contributed by atoms with van der Waals surface area (Å²) in [6, 6.07) is 5.33. The van der Waals surface area contributed by atoms with Crippen LogP contribution in [0.5, 0.6) is 0 Å². The molecule has 1 amide bonds. The minimum Gasteiger partial charge on any atom is -0.449 e. The minimum atomic E-state index is -0.669. The normalized spacial score (nSPS) is 17.0. The zero-order valence-electron chi connectivity index (χ0n) is 13.8. The van der Waals surface area contributed by atoms with Crippen LogP contribution in [0.1, 0.15) is 47.7 Å². The number of hydrogen-bond donors (Lipinski definition) is 1. The Morgan fingerprint density at radius 1 is 1.29 bits per heavy atom. The van der Waals surface area contributed by atoms with Gasteiger partial charge in [0.25, 0.3) is 5.91 Å². The molecule has 1 atom stereocenters. The summed E-state index contributed by atoms with van der Waals surface area (Å²) in [5.74, 6) is 1.20. The standard InChI is InChI=1S/C17H18N4O3/c1-9-4-7-13-12(18-9)8-14(23-13)15(22)20-17(3,11-5-6-11)16-19-10(2)24-21-16/h4,7-8,11H,5-6H2,1-3H3,(H,20,22). The summed E-state index contributed by atoms with van der Waals surface area (Å²) < 4.78 is 10.7. The number of pyridine rings is 1. The van der Waals surface area contributed by atoms with Crippen molar-refractivity contribution >= 4 is 17.0 Å². The first kappa shape index (κ1) is 14.9. The second kappa shape index (κ2) is 5.15. The Kier molecular flexibility index (Phi) is 3.19. The molecular weight excluding hydrogens is 308 g/mol. The second-order valence-electron chi connectivity index (χ2n) is 6.51. The lowest BCUT2D eigenvalue weighted by Crippen LogP contribution is -2.46. The van der Waals surface area contributed by atoms with Gasteiger partial charge < -0.3 is 14.3 Å². The Labute approximate surface area is 138 Å². The molecule has 0 bridgehead atoms. The number of nitrogens with zero attached hydrogens (tertiary/aromatic N) is 3. The third-order valence-corrected chi connectivity index (χ3v) is 4.50. The number of aryl methyl sites for hydroxylation is 2. The molecule has 1 fully saturated rings. The van der Waals surface area contributed by atoms with Gasteiger partial charge in [-0.1, -0.05) is 5.16 Å². The minimum absolute atomic E-state index is 0.232. The smallest absolute Gasteiger partial charge is 0.287 e. The van der Waals surface area contributed by atoms with Gasteiger partial charge in [0.15, 0.2) is 17.2 Å². The predicted molar refractivity (Wildman–Crippen MR) is 85.3 cm³/mol. The summed E-state index contributed by atoms with van der Waals surface area (Å²) >= 11 is 0. The summed E-state index contributed by atoms with van der Waals surface area (Å²) in [6.07, 6.45) is 2.04. The van der Waals surface area contributed by atoms with E-state index in [-0.39, 0.29) is 11.7 Å². The van der Waals surface area contributed by atoms with Gasteiger partial charge >= 0.3 is 0 Å². The lowest BCUT2D eigenvalue weighted by atomic mass is 9.94. The van der Waals surface area contributed by atoms with E-state index in [9.17, 15) is 4.79 Å². The highest BCUT2D eigenvalue weighted by molar-refractivity contribution is 5.95. The van der Waals surface area contributed by atoms with Crippen molar-refractivity contribution in [3.63, 3.8) is 0 Å². The molecule has 1 aliphatic carbocycles. The molecule has 3 heterocycles. The lowest BCUT2D eigenvalue weighted by molar-refractivity contribution is 0.0858. The van der Waals surface area contributed by atoms with E-state index in [4.69, 9.17) is 8.94 Å². The molecule has 3 aromatic rings. The summed E-state index contributed by atoms with van der Waals surface area (Å²) in [5.41, 5.74) is 1.47. The maximum Gasteiger partial charge on any atom is 0.287 e. The molecule has 7 nitrogen and oxygen atoms in total. The van der Waals surface area contributed by atoms with Crippen molar-refractivity contribution in [1.29, 1.82) is 0 Å². The van der Waals surface area contributed by atoms with Crippen molar-refractivity contribution in [2.24, 2.45) is 5.92 Å². The second-order valence-corrected chi connectivity index (χ2v) is 6.51. The molecule has 1 unspecified atom stereocenters. The van der Waals surface area contributed by atoms with Crippen LogP contribution in [0.2, 0.25) is 0 Å². The van der Waals surface area contributed by atoms with Crippen molar-refractivity contribution in [1.82, 2.24) is 20.4 Å². The third-order valence-electron chi connectivity index (χ3n) is 4.50. The van der Waals surface area contributed by atoms with Gasteiger partial charge in [0.1, 0.15) is 11.1 Å². The monoisotopic (exact) mass is 326 g/mol. The van der Waals surface area contributed by atoms with Gasteiger partial charge in [-0.05, 0) is 44.7 Å². The van der Waals surface area contributed by atoms with E-state index in [2.05, 4.69) is 20.4 Å². The van der Waals surface area contributed by atoms with Crippen molar-refractivity contribution in [2.75, 3.05) is 0 Å². The number of amides is 1. The number of carbonyl (C=O) groups excluding carboxylic acids is 1. The van der Waals surface area contributed by atoms with Crippen LogP contribution in [0.15, 0.2) is 27.1 Å². The van der Waals surface area contributed by atoms with Crippen LogP contribution in [0, 0.1) is 19.8 Å². The number of carbonyl (C=O) groups is 1. The average Bonchev–Trinajstić information content (AvgIpc) is 3.18. The molecule has 0 aliphatic heterocycles. The van der Waals surface area contributed by atoms with Crippen molar-refractivity contribution in [3.05, 3.63) is 41.4 Å². The fraction of sp³-hybridized carbons (Fsp3) is 0.412. The van der Waals surface area contributed by atoms with Gasteiger partial charge in [-0.2, -0.15) is 4.98 Å². The first-order valence-corrected chi connectivity index (χ1v) is 7.96. The molecule has 4 rings (SSSR count). The number of furan rings is 1. The molecule has 0 spiro atoms. The van der Waals surface area contributed by atoms with Gasteiger partial charge in [-0.3, -0.25) is 4.79 Å². The van der Waals surface area contributed by atoms with Crippen LogP contribution < -0.4 is 5.32 Å². The first-order chi connectivity index (χ1) is 11.5. The quantitative estimate of drug-likeness (QED) is 0.792. The Morgan fingerprint density at radius 3 is 2.75 bits per heavy atom. The molecule has 0 radical (unpaired) electrons. The van der Waals surface area contributed by atoms with Gasteiger partial charge in [0.05, 0.1) is 0 Å². The Morgan fingerprint density at radius 2 is 2.08 bits per heavy atom. The zero-order valence-corrected chi connectivity index (χ0v) is 13.8. The lowest BCUT2D eigenvalue weighted by Gasteiger charge is -2.26. The number of fused-ring (bicyclic) bond motifs is 1. The highest BCUT2D eigenvalue weighted by atomic mass is 16.5. The van der Waals surface area contributed by atoms with Gasteiger partial charge in [0.2, 0.25) is 5.89 Å². The summed E-state index contributed by atoms with van der Waals surface area (Å²) in [7, 11) is 0.